The molecule has 7 nitrogen and oxygen atoms in total. The third-order valence-corrected chi connectivity index (χ3v) is 6.19. The first kappa shape index (κ1) is 23.5. The van der Waals surface area contributed by atoms with E-state index >= 15 is 0 Å². The number of nitrogen functional groups attached to an aromatic ring is 1. The molecule has 0 spiro atoms. The van der Waals surface area contributed by atoms with E-state index in [4.69, 9.17) is 5.73 Å². The molecular weight excluding hydrogens is 404 g/mol. The average molecular weight is 437 g/mol. The van der Waals surface area contributed by atoms with Crippen LogP contribution in [0.5, 0.6) is 0 Å². The van der Waals surface area contributed by atoms with Crippen LogP contribution in [0.1, 0.15) is 28.4 Å². The van der Waals surface area contributed by atoms with Gasteiger partial charge in [-0.3, -0.25) is 14.4 Å². The molecule has 2 aromatic rings. The molecule has 1 saturated carbocycles. The van der Waals surface area contributed by atoms with Gasteiger partial charge >= 0.3 is 0 Å². The lowest BCUT2D eigenvalue weighted by Crippen LogP contribution is -2.29. The van der Waals surface area contributed by atoms with E-state index in [9.17, 15) is 14.4 Å². The number of benzene rings is 2. The van der Waals surface area contributed by atoms with Gasteiger partial charge < -0.3 is 20.9 Å². The minimum Gasteiger partial charge on any atom is -0.398 e. The van der Waals surface area contributed by atoms with Gasteiger partial charge in [0.15, 0.2) is 5.78 Å². The fraction of sp³-hybridized carbons (Fsp3) is 0.400. The Hall–Kier alpha value is -3.19. The number of anilines is 1. The van der Waals surface area contributed by atoms with Crippen LogP contribution in [0, 0.1) is 17.3 Å². The Bertz CT molecular complexity index is 1020. The van der Waals surface area contributed by atoms with Gasteiger partial charge in [-0.2, -0.15) is 0 Å². The Morgan fingerprint density at radius 3 is 2.09 bits per heavy atom. The summed E-state index contributed by atoms with van der Waals surface area (Å²) in [5, 5.41) is 2.92. The molecule has 2 amide bonds. The summed E-state index contributed by atoms with van der Waals surface area (Å²) >= 11 is 0. The molecule has 3 N–H and O–H groups in total. The van der Waals surface area contributed by atoms with Gasteiger partial charge in [0.05, 0.1) is 17.3 Å². The molecule has 3 rings (SSSR count). The van der Waals surface area contributed by atoms with Crippen molar-refractivity contribution in [1.29, 1.82) is 0 Å². The maximum absolute atomic E-state index is 13.4. The van der Waals surface area contributed by atoms with Crippen molar-refractivity contribution in [1.82, 2.24) is 15.1 Å². The zero-order valence-corrected chi connectivity index (χ0v) is 19.4. The van der Waals surface area contributed by atoms with Crippen LogP contribution in [-0.4, -0.2) is 55.6 Å². The van der Waals surface area contributed by atoms with Crippen LogP contribution >= 0.6 is 0 Å². The topological polar surface area (TPSA) is 95.7 Å². The molecule has 1 aliphatic carbocycles. The first-order valence-electron chi connectivity index (χ1n) is 10.7. The van der Waals surface area contributed by atoms with Crippen molar-refractivity contribution in [2.24, 2.45) is 17.3 Å². The first-order chi connectivity index (χ1) is 15.1. The van der Waals surface area contributed by atoms with Crippen molar-refractivity contribution >= 4 is 23.3 Å². The van der Waals surface area contributed by atoms with Crippen LogP contribution in [-0.2, 0) is 22.7 Å². The van der Waals surface area contributed by atoms with E-state index in [0.29, 0.717) is 17.8 Å². The van der Waals surface area contributed by atoms with E-state index in [1.54, 1.807) is 45.3 Å². The molecule has 2 aromatic carbocycles. The zero-order valence-electron chi connectivity index (χ0n) is 19.4. The average Bonchev–Trinajstić information content (AvgIpc) is 3.38. The maximum atomic E-state index is 13.4. The van der Waals surface area contributed by atoms with Gasteiger partial charge in [-0.25, -0.2) is 0 Å². The smallest absolute Gasteiger partial charge is 0.227 e. The molecule has 32 heavy (non-hydrogen) atoms. The van der Waals surface area contributed by atoms with E-state index in [0.717, 1.165) is 12.1 Å². The molecular formula is C25H32N4O3. The summed E-state index contributed by atoms with van der Waals surface area (Å²) in [6, 6.07) is 14.8. The van der Waals surface area contributed by atoms with Crippen molar-refractivity contribution in [3.05, 3.63) is 65.2 Å². The second-order valence-electron chi connectivity index (χ2n) is 9.16. The number of nitrogens with zero attached hydrogens (tertiary/aromatic N) is 2. The van der Waals surface area contributed by atoms with Crippen molar-refractivity contribution in [2.75, 3.05) is 33.9 Å². The normalized spacial score (nSPS) is 21.8. The molecule has 0 bridgehead atoms. The third kappa shape index (κ3) is 4.53. The second-order valence-corrected chi connectivity index (χ2v) is 9.16. The Morgan fingerprint density at radius 2 is 1.53 bits per heavy atom. The van der Waals surface area contributed by atoms with Gasteiger partial charge in [0.1, 0.15) is 0 Å². The van der Waals surface area contributed by atoms with Gasteiger partial charge in [0.25, 0.3) is 0 Å². The van der Waals surface area contributed by atoms with Crippen LogP contribution in [0.3, 0.4) is 0 Å². The number of Topliss-reactive ketones (excluding diaryl/α,β-unsaturated/α-hetero) is 1. The SMILES string of the molecule is CN(C)Cc1ccc(CNC(=O)[C@@H]2[C@H](C(=O)N(C)C)[C@]2(C)C(=O)c2ccccc2N)cc1. The molecule has 0 heterocycles. The number of ketones is 1. The van der Waals surface area contributed by atoms with Gasteiger partial charge in [0, 0.05) is 38.4 Å². The molecule has 0 saturated heterocycles. The summed E-state index contributed by atoms with van der Waals surface area (Å²) in [4.78, 5) is 42.8. The number of hydrogen-bond acceptors (Lipinski definition) is 5. The zero-order chi connectivity index (χ0) is 23.6. The van der Waals surface area contributed by atoms with Crippen molar-refractivity contribution < 1.29 is 14.4 Å². The number of hydrogen-bond donors (Lipinski definition) is 2. The minimum atomic E-state index is -1.13. The molecule has 1 aliphatic rings. The van der Waals surface area contributed by atoms with Crippen LogP contribution in [0.25, 0.3) is 0 Å². The predicted molar refractivity (Wildman–Crippen MR) is 125 cm³/mol. The number of para-hydroxylation sites is 1. The Morgan fingerprint density at radius 1 is 0.938 bits per heavy atom. The third-order valence-electron chi connectivity index (χ3n) is 6.19. The standard InChI is InChI=1S/C25H32N4O3/c1-25(22(30)18-8-6-7-9-19(18)26)20(21(25)24(32)29(4)5)23(31)27-14-16-10-12-17(13-11-16)15-28(2)3/h6-13,20-21H,14-15,26H2,1-5H3,(H,27,31)/t20-,21+,25+/m0/s1. The fourth-order valence-electron chi connectivity index (χ4n) is 4.32. The molecule has 0 radical (unpaired) electrons. The highest BCUT2D eigenvalue weighted by Crippen LogP contribution is 2.61. The van der Waals surface area contributed by atoms with E-state index in [1.165, 1.54) is 10.5 Å². The number of carbonyl (C=O) groups excluding carboxylic acids is 3. The number of nitrogens with two attached hydrogens (primary N) is 1. The highest BCUT2D eigenvalue weighted by atomic mass is 16.2. The maximum Gasteiger partial charge on any atom is 0.227 e. The lowest BCUT2D eigenvalue weighted by molar-refractivity contribution is -0.132. The van der Waals surface area contributed by atoms with Gasteiger partial charge in [-0.15, -0.1) is 0 Å². The summed E-state index contributed by atoms with van der Waals surface area (Å²) in [6.07, 6.45) is 0. The first-order valence-corrected chi connectivity index (χ1v) is 10.7. The van der Waals surface area contributed by atoms with Gasteiger partial charge in [0.2, 0.25) is 11.8 Å². The molecule has 3 atom stereocenters. The van der Waals surface area contributed by atoms with E-state index in [-0.39, 0.29) is 17.6 Å². The monoisotopic (exact) mass is 436 g/mol. The summed E-state index contributed by atoms with van der Waals surface area (Å²) in [6.45, 7) is 2.86. The molecule has 0 aromatic heterocycles. The molecule has 7 heteroatoms. The summed E-state index contributed by atoms with van der Waals surface area (Å²) in [7, 11) is 7.28. The predicted octanol–water partition coefficient (Wildman–Crippen LogP) is 2.17. The Kier molecular flexibility index (Phi) is 6.69. The van der Waals surface area contributed by atoms with E-state index in [2.05, 4.69) is 10.2 Å². The Balaban J connectivity index is 1.76. The molecule has 170 valence electrons. The number of carbonyl (C=O) groups is 3. The highest BCUT2D eigenvalue weighted by Gasteiger charge is 2.72. The molecule has 0 unspecified atom stereocenters. The van der Waals surface area contributed by atoms with Gasteiger partial charge in [-0.05, 0) is 37.4 Å². The number of rotatable bonds is 8. The summed E-state index contributed by atoms with van der Waals surface area (Å²) in [5.41, 5.74) is 7.71. The molecule has 0 aliphatic heterocycles. The van der Waals surface area contributed by atoms with E-state index < -0.39 is 17.3 Å². The largest absolute Gasteiger partial charge is 0.398 e. The summed E-state index contributed by atoms with van der Waals surface area (Å²) in [5.74, 6) is -2.26. The van der Waals surface area contributed by atoms with Crippen LogP contribution in [0.4, 0.5) is 5.69 Å². The lowest BCUT2D eigenvalue weighted by Gasteiger charge is -2.14. The van der Waals surface area contributed by atoms with Crippen LogP contribution in [0.2, 0.25) is 0 Å². The van der Waals surface area contributed by atoms with Crippen molar-refractivity contribution in [3.63, 3.8) is 0 Å². The van der Waals surface area contributed by atoms with Crippen molar-refractivity contribution in [2.45, 2.75) is 20.0 Å². The number of nitrogens with one attached hydrogen (secondary N) is 1. The quantitative estimate of drug-likeness (QED) is 0.488. The highest BCUT2D eigenvalue weighted by molar-refractivity contribution is 6.13. The number of amides is 2. The minimum absolute atomic E-state index is 0.233. The Labute approximate surface area is 189 Å². The molecule has 1 fully saturated rings. The lowest BCUT2D eigenvalue weighted by atomic mass is 9.91. The second kappa shape index (κ2) is 9.12. The van der Waals surface area contributed by atoms with Gasteiger partial charge in [-0.1, -0.05) is 43.3 Å². The van der Waals surface area contributed by atoms with Crippen LogP contribution < -0.4 is 11.1 Å². The van der Waals surface area contributed by atoms with Crippen LogP contribution in [0.15, 0.2) is 48.5 Å². The summed E-state index contributed by atoms with van der Waals surface area (Å²) < 4.78 is 0. The van der Waals surface area contributed by atoms with Crippen molar-refractivity contribution in [3.8, 4) is 0 Å². The fourth-order valence-corrected chi connectivity index (χ4v) is 4.32. The van der Waals surface area contributed by atoms with E-state index in [1.807, 2.05) is 38.4 Å².